The number of aromatic nitrogens is 1. The molecule has 1 aromatic rings. The SMILES string of the molecule is COC(=O)C1CCN(S(=O)(=O)Nc2cccc(F)n2)CC1. The summed E-state index contributed by atoms with van der Waals surface area (Å²) in [7, 11) is -2.50. The third kappa shape index (κ3) is 3.88. The molecule has 1 aromatic heterocycles. The number of pyridine rings is 1. The molecule has 1 fully saturated rings. The van der Waals surface area contributed by atoms with Crippen molar-refractivity contribution in [2.45, 2.75) is 12.8 Å². The Balaban J connectivity index is 2.00. The van der Waals surface area contributed by atoms with Gasteiger partial charge in [0.25, 0.3) is 0 Å². The highest BCUT2D eigenvalue weighted by molar-refractivity contribution is 7.90. The van der Waals surface area contributed by atoms with E-state index in [4.69, 9.17) is 0 Å². The number of carbonyl (C=O) groups is 1. The van der Waals surface area contributed by atoms with Gasteiger partial charge in [0, 0.05) is 13.1 Å². The van der Waals surface area contributed by atoms with Crippen molar-refractivity contribution >= 4 is 22.0 Å². The summed E-state index contributed by atoms with van der Waals surface area (Å²) in [5.41, 5.74) is 0. The average Bonchev–Trinajstić information content (AvgIpc) is 2.46. The fourth-order valence-corrected chi connectivity index (χ4v) is 3.36. The molecule has 2 heterocycles. The van der Waals surface area contributed by atoms with Gasteiger partial charge in [0.2, 0.25) is 5.95 Å². The molecule has 1 N–H and O–H groups in total. The van der Waals surface area contributed by atoms with Gasteiger partial charge in [-0.1, -0.05) is 6.07 Å². The number of methoxy groups -OCH3 is 1. The summed E-state index contributed by atoms with van der Waals surface area (Å²) in [6.07, 6.45) is 0.786. The first-order chi connectivity index (χ1) is 9.92. The lowest BCUT2D eigenvalue weighted by Gasteiger charge is -2.29. The first-order valence-corrected chi connectivity index (χ1v) is 7.84. The Morgan fingerprint density at radius 3 is 2.67 bits per heavy atom. The maximum Gasteiger partial charge on any atom is 0.308 e. The van der Waals surface area contributed by atoms with E-state index in [0.29, 0.717) is 12.8 Å². The van der Waals surface area contributed by atoms with Crippen molar-refractivity contribution in [3.63, 3.8) is 0 Å². The highest BCUT2D eigenvalue weighted by Crippen LogP contribution is 2.21. The summed E-state index contributed by atoms with van der Waals surface area (Å²) >= 11 is 0. The normalized spacial score (nSPS) is 17.4. The smallest absolute Gasteiger partial charge is 0.308 e. The number of carbonyl (C=O) groups excluding carboxylic acids is 1. The van der Waals surface area contributed by atoms with Crippen LogP contribution >= 0.6 is 0 Å². The van der Waals surface area contributed by atoms with Crippen LogP contribution in [0.15, 0.2) is 18.2 Å². The number of esters is 1. The maximum atomic E-state index is 13.0. The van der Waals surface area contributed by atoms with Crippen LogP contribution in [-0.2, 0) is 19.7 Å². The lowest BCUT2D eigenvalue weighted by atomic mass is 9.99. The molecule has 9 heteroatoms. The van der Waals surface area contributed by atoms with E-state index < -0.39 is 16.2 Å². The highest BCUT2D eigenvalue weighted by Gasteiger charge is 2.31. The predicted molar refractivity (Wildman–Crippen MR) is 73.1 cm³/mol. The summed E-state index contributed by atoms with van der Waals surface area (Å²) in [6.45, 7) is 0.398. The molecule has 0 unspecified atom stereocenters. The number of anilines is 1. The largest absolute Gasteiger partial charge is 0.469 e. The summed E-state index contributed by atoms with van der Waals surface area (Å²) in [4.78, 5) is 14.8. The van der Waals surface area contributed by atoms with Crippen LogP contribution in [0.25, 0.3) is 0 Å². The number of piperidine rings is 1. The van der Waals surface area contributed by atoms with Crippen molar-refractivity contribution in [2.24, 2.45) is 5.92 Å². The Bertz CT molecular complexity index is 615. The van der Waals surface area contributed by atoms with Gasteiger partial charge >= 0.3 is 16.2 Å². The minimum Gasteiger partial charge on any atom is -0.469 e. The standard InChI is InChI=1S/C12H16FN3O4S/c1-20-12(17)9-5-7-16(8-6-9)21(18,19)15-11-4-2-3-10(13)14-11/h2-4,9H,5-8H2,1H3,(H,14,15). The number of nitrogens with one attached hydrogen (secondary N) is 1. The van der Waals surface area contributed by atoms with Crippen molar-refractivity contribution in [3.05, 3.63) is 24.1 Å². The van der Waals surface area contributed by atoms with Crippen LogP contribution in [0.4, 0.5) is 10.2 Å². The van der Waals surface area contributed by atoms with Crippen LogP contribution in [-0.4, -0.2) is 43.9 Å². The molecule has 0 amide bonds. The molecule has 0 radical (unpaired) electrons. The second-order valence-electron chi connectivity index (χ2n) is 4.65. The van der Waals surface area contributed by atoms with Crippen molar-refractivity contribution < 1.29 is 22.3 Å². The molecule has 0 aromatic carbocycles. The molecule has 7 nitrogen and oxygen atoms in total. The van der Waals surface area contributed by atoms with Crippen molar-refractivity contribution in [3.8, 4) is 0 Å². The van der Waals surface area contributed by atoms with Gasteiger partial charge < -0.3 is 4.74 Å². The van der Waals surface area contributed by atoms with E-state index in [2.05, 4.69) is 14.4 Å². The fourth-order valence-electron chi connectivity index (χ4n) is 2.16. The molecule has 0 aliphatic carbocycles. The zero-order valence-electron chi connectivity index (χ0n) is 11.5. The summed E-state index contributed by atoms with van der Waals surface area (Å²) in [5.74, 6) is -1.45. The number of nitrogens with zero attached hydrogens (tertiary/aromatic N) is 2. The zero-order valence-corrected chi connectivity index (χ0v) is 12.3. The monoisotopic (exact) mass is 317 g/mol. The third-order valence-electron chi connectivity index (χ3n) is 3.28. The van der Waals surface area contributed by atoms with Crippen LogP contribution in [0.3, 0.4) is 0 Å². The van der Waals surface area contributed by atoms with Crippen LogP contribution in [0.5, 0.6) is 0 Å². The van der Waals surface area contributed by atoms with E-state index in [-0.39, 0.29) is 30.8 Å². The lowest BCUT2D eigenvalue weighted by molar-refractivity contribution is -0.146. The van der Waals surface area contributed by atoms with Gasteiger partial charge in [-0.05, 0) is 25.0 Å². The van der Waals surface area contributed by atoms with E-state index in [1.54, 1.807) is 0 Å². The Hall–Kier alpha value is -1.74. The van der Waals surface area contributed by atoms with Crippen LogP contribution < -0.4 is 4.72 Å². The second kappa shape index (κ2) is 6.35. The lowest BCUT2D eigenvalue weighted by Crippen LogP contribution is -2.43. The Kier molecular flexibility index (Phi) is 4.73. The fraction of sp³-hybridized carbons (Fsp3) is 0.500. The molecule has 0 spiro atoms. The van der Waals surface area contributed by atoms with Gasteiger partial charge in [0.15, 0.2) is 0 Å². The Morgan fingerprint density at radius 1 is 1.43 bits per heavy atom. The van der Waals surface area contributed by atoms with E-state index in [1.807, 2.05) is 0 Å². The van der Waals surface area contributed by atoms with E-state index >= 15 is 0 Å². The van der Waals surface area contributed by atoms with Crippen molar-refractivity contribution in [1.82, 2.24) is 9.29 Å². The third-order valence-corrected chi connectivity index (χ3v) is 4.79. The molecule has 21 heavy (non-hydrogen) atoms. The quantitative estimate of drug-likeness (QED) is 0.654. The molecular formula is C12H16FN3O4S. The molecule has 1 aliphatic heterocycles. The molecule has 1 saturated heterocycles. The van der Waals surface area contributed by atoms with Crippen molar-refractivity contribution in [1.29, 1.82) is 0 Å². The van der Waals surface area contributed by atoms with Gasteiger partial charge in [-0.25, -0.2) is 4.98 Å². The predicted octanol–water partition coefficient (Wildman–Crippen LogP) is 0.762. The molecule has 0 saturated carbocycles. The number of halogens is 1. The summed E-state index contributed by atoms with van der Waals surface area (Å²) < 4.78 is 45.3. The van der Waals surface area contributed by atoms with Gasteiger partial charge in [0.1, 0.15) is 5.82 Å². The van der Waals surface area contributed by atoms with E-state index in [0.717, 1.165) is 6.07 Å². The average molecular weight is 317 g/mol. The minimum atomic E-state index is -3.81. The van der Waals surface area contributed by atoms with Crippen molar-refractivity contribution in [2.75, 3.05) is 24.9 Å². The van der Waals surface area contributed by atoms with Crippen LogP contribution in [0.2, 0.25) is 0 Å². The molecule has 2 rings (SSSR count). The van der Waals surface area contributed by atoms with E-state index in [9.17, 15) is 17.6 Å². The number of hydrogen-bond acceptors (Lipinski definition) is 5. The zero-order chi connectivity index (χ0) is 15.5. The van der Waals surface area contributed by atoms with Gasteiger partial charge in [-0.15, -0.1) is 0 Å². The first-order valence-electron chi connectivity index (χ1n) is 6.40. The molecule has 0 bridgehead atoms. The molecule has 116 valence electrons. The highest BCUT2D eigenvalue weighted by atomic mass is 32.2. The number of hydrogen-bond donors (Lipinski definition) is 1. The Morgan fingerprint density at radius 2 is 2.10 bits per heavy atom. The maximum absolute atomic E-state index is 13.0. The number of ether oxygens (including phenoxy) is 1. The first kappa shape index (κ1) is 15.6. The number of rotatable bonds is 4. The topological polar surface area (TPSA) is 88.6 Å². The summed E-state index contributed by atoms with van der Waals surface area (Å²) in [5, 5.41) is 0. The second-order valence-corrected chi connectivity index (χ2v) is 6.32. The summed E-state index contributed by atoms with van der Waals surface area (Å²) in [6, 6.07) is 3.85. The molecule has 0 atom stereocenters. The minimum absolute atomic E-state index is 0.0786. The molecule has 1 aliphatic rings. The van der Waals surface area contributed by atoms with Gasteiger partial charge in [0.05, 0.1) is 13.0 Å². The molecular weight excluding hydrogens is 301 g/mol. The van der Waals surface area contributed by atoms with Gasteiger partial charge in [-0.3, -0.25) is 9.52 Å². The Labute approximate surface area is 122 Å². The van der Waals surface area contributed by atoms with Crippen LogP contribution in [0.1, 0.15) is 12.8 Å². The van der Waals surface area contributed by atoms with Crippen LogP contribution in [0, 0.1) is 11.9 Å². The van der Waals surface area contributed by atoms with E-state index in [1.165, 1.54) is 23.5 Å². The van der Waals surface area contributed by atoms with Gasteiger partial charge in [-0.2, -0.15) is 17.1 Å².